The van der Waals surface area contributed by atoms with E-state index in [1.807, 2.05) is 24.0 Å². The van der Waals surface area contributed by atoms with Crippen LogP contribution in [0.15, 0.2) is 18.3 Å². The van der Waals surface area contributed by atoms with Gasteiger partial charge in [-0.15, -0.1) is 0 Å². The highest BCUT2D eigenvalue weighted by Gasteiger charge is 2.29. The van der Waals surface area contributed by atoms with Crippen molar-refractivity contribution in [2.24, 2.45) is 0 Å². The highest BCUT2D eigenvalue weighted by atomic mass is 16.2. The Kier molecular flexibility index (Phi) is 6.79. The molecule has 0 aromatic carbocycles. The van der Waals surface area contributed by atoms with E-state index in [1.54, 1.807) is 11.1 Å². The third-order valence-electron chi connectivity index (χ3n) is 4.81. The molecule has 1 aromatic rings. The first kappa shape index (κ1) is 19.2. The van der Waals surface area contributed by atoms with E-state index in [2.05, 4.69) is 31.1 Å². The number of hydrogen-bond donors (Lipinski definition) is 1. The number of carbonyl (C=O) groups excluding carboxylic acids is 2. The van der Waals surface area contributed by atoms with Gasteiger partial charge in [0.1, 0.15) is 0 Å². The van der Waals surface area contributed by atoms with Crippen LogP contribution in [0.4, 0.5) is 4.79 Å². The van der Waals surface area contributed by atoms with Crippen LogP contribution in [-0.4, -0.2) is 58.4 Å². The van der Waals surface area contributed by atoms with Crippen LogP contribution >= 0.6 is 0 Å². The second-order valence-electron chi connectivity index (χ2n) is 6.83. The number of aromatic nitrogens is 1. The number of hydrogen-bond acceptors (Lipinski definition) is 3. The van der Waals surface area contributed by atoms with Gasteiger partial charge in [0.15, 0.2) is 0 Å². The van der Waals surface area contributed by atoms with Crippen LogP contribution in [0.3, 0.4) is 0 Å². The molecule has 1 saturated heterocycles. The normalized spacial score (nSPS) is 18.1. The second kappa shape index (κ2) is 8.83. The van der Waals surface area contributed by atoms with E-state index < -0.39 is 0 Å². The molecule has 1 unspecified atom stereocenters. The summed E-state index contributed by atoms with van der Waals surface area (Å²) in [6.45, 7) is 10.1. The fourth-order valence-corrected chi connectivity index (χ4v) is 3.08. The summed E-state index contributed by atoms with van der Waals surface area (Å²) in [7, 11) is 0. The zero-order valence-electron chi connectivity index (χ0n) is 15.8. The van der Waals surface area contributed by atoms with Crippen molar-refractivity contribution in [3.05, 3.63) is 29.6 Å². The number of pyridine rings is 1. The summed E-state index contributed by atoms with van der Waals surface area (Å²) >= 11 is 0. The molecule has 25 heavy (non-hydrogen) atoms. The predicted octanol–water partition coefficient (Wildman–Crippen LogP) is 2.82. The maximum atomic E-state index is 12.6. The van der Waals surface area contributed by atoms with Gasteiger partial charge in [-0.1, -0.05) is 13.8 Å². The molecule has 2 atom stereocenters. The number of carbonyl (C=O) groups is 2. The van der Waals surface area contributed by atoms with Crippen molar-refractivity contribution in [1.82, 2.24) is 20.1 Å². The van der Waals surface area contributed by atoms with Crippen LogP contribution in [0.5, 0.6) is 0 Å². The van der Waals surface area contributed by atoms with E-state index in [9.17, 15) is 9.59 Å². The SMILES string of the molecule is CCCN(C(=O)N[C@@H]1CCN(C(=O)c2ccc(C)nc2)C1)C(C)CC. The second-order valence-corrected chi connectivity index (χ2v) is 6.83. The van der Waals surface area contributed by atoms with Gasteiger partial charge in [-0.2, -0.15) is 0 Å². The Morgan fingerprint density at radius 2 is 2.16 bits per heavy atom. The summed E-state index contributed by atoms with van der Waals surface area (Å²) < 4.78 is 0. The summed E-state index contributed by atoms with van der Waals surface area (Å²) in [5, 5.41) is 3.10. The van der Waals surface area contributed by atoms with Crippen LogP contribution in [0.2, 0.25) is 0 Å². The van der Waals surface area contributed by atoms with Crippen LogP contribution in [0.25, 0.3) is 0 Å². The Hall–Kier alpha value is -2.11. The molecule has 1 aliphatic heterocycles. The predicted molar refractivity (Wildman–Crippen MR) is 98.6 cm³/mol. The third kappa shape index (κ3) is 4.94. The highest BCUT2D eigenvalue weighted by molar-refractivity contribution is 5.94. The monoisotopic (exact) mass is 346 g/mol. The average molecular weight is 346 g/mol. The van der Waals surface area contributed by atoms with Gasteiger partial charge in [0.25, 0.3) is 5.91 Å². The molecule has 6 nitrogen and oxygen atoms in total. The number of urea groups is 1. The van der Waals surface area contributed by atoms with Crippen LogP contribution < -0.4 is 5.32 Å². The number of likely N-dealkylation sites (tertiary alicyclic amines) is 1. The van der Waals surface area contributed by atoms with Crippen LogP contribution in [0.1, 0.15) is 56.1 Å². The maximum Gasteiger partial charge on any atom is 0.317 e. The molecular weight excluding hydrogens is 316 g/mol. The van der Waals surface area contributed by atoms with Gasteiger partial charge in [-0.25, -0.2) is 4.79 Å². The summed E-state index contributed by atoms with van der Waals surface area (Å²) in [5.41, 5.74) is 1.49. The summed E-state index contributed by atoms with van der Waals surface area (Å²) in [6, 6.07) is 3.86. The Bertz CT molecular complexity index is 588. The van der Waals surface area contributed by atoms with Gasteiger partial charge >= 0.3 is 6.03 Å². The summed E-state index contributed by atoms with van der Waals surface area (Å²) in [5.74, 6) is -0.0170. The molecule has 0 bridgehead atoms. The van der Waals surface area contributed by atoms with Crippen molar-refractivity contribution in [1.29, 1.82) is 0 Å². The molecule has 0 aliphatic carbocycles. The number of nitrogens with one attached hydrogen (secondary N) is 1. The quantitative estimate of drug-likeness (QED) is 0.861. The first-order chi connectivity index (χ1) is 12.0. The summed E-state index contributed by atoms with van der Waals surface area (Å²) in [6.07, 6.45) is 4.28. The smallest absolute Gasteiger partial charge is 0.317 e. The molecule has 3 amide bonds. The van der Waals surface area contributed by atoms with Crippen molar-refractivity contribution < 1.29 is 9.59 Å². The molecular formula is C19H30N4O2. The molecule has 1 fully saturated rings. The molecule has 6 heteroatoms. The topological polar surface area (TPSA) is 65.5 Å². The minimum absolute atomic E-state index is 0.0123. The molecule has 0 spiro atoms. The van der Waals surface area contributed by atoms with E-state index in [1.165, 1.54) is 0 Å². The van der Waals surface area contributed by atoms with Gasteiger partial charge in [0.05, 0.1) is 5.56 Å². The molecule has 0 saturated carbocycles. The fraction of sp³-hybridized carbons (Fsp3) is 0.632. The first-order valence-corrected chi connectivity index (χ1v) is 9.25. The van der Waals surface area contributed by atoms with E-state index in [0.717, 1.165) is 31.5 Å². The van der Waals surface area contributed by atoms with Crippen molar-refractivity contribution in [2.75, 3.05) is 19.6 Å². The zero-order valence-corrected chi connectivity index (χ0v) is 15.8. The Morgan fingerprint density at radius 1 is 1.40 bits per heavy atom. The standard InChI is InChI=1S/C19H30N4O2/c1-5-10-23(15(4)6-2)19(25)21-17-9-11-22(13-17)18(24)16-8-7-14(3)20-12-16/h7-8,12,15,17H,5-6,9-11,13H2,1-4H3,(H,21,25)/t15?,17-/m1/s1. The lowest BCUT2D eigenvalue weighted by Crippen LogP contribution is -2.49. The van der Waals surface area contributed by atoms with E-state index >= 15 is 0 Å². The van der Waals surface area contributed by atoms with Crippen molar-refractivity contribution >= 4 is 11.9 Å². The molecule has 138 valence electrons. The molecule has 2 rings (SSSR count). The van der Waals surface area contributed by atoms with Crippen LogP contribution in [-0.2, 0) is 0 Å². The fourth-order valence-electron chi connectivity index (χ4n) is 3.08. The van der Waals surface area contributed by atoms with Crippen LogP contribution in [0, 0.1) is 6.92 Å². The lowest BCUT2D eigenvalue weighted by Gasteiger charge is -2.29. The Labute approximate surface area is 150 Å². The first-order valence-electron chi connectivity index (χ1n) is 9.25. The van der Waals surface area contributed by atoms with E-state index in [-0.39, 0.29) is 24.0 Å². The lowest BCUT2D eigenvalue weighted by molar-refractivity contribution is 0.0788. The minimum Gasteiger partial charge on any atom is -0.336 e. The largest absolute Gasteiger partial charge is 0.336 e. The highest BCUT2D eigenvalue weighted by Crippen LogP contribution is 2.15. The van der Waals surface area contributed by atoms with E-state index in [4.69, 9.17) is 0 Å². The van der Waals surface area contributed by atoms with Gasteiger partial charge in [-0.05, 0) is 45.2 Å². The molecule has 1 N–H and O–H groups in total. The maximum absolute atomic E-state index is 12.6. The molecule has 2 heterocycles. The molecule has 1 aromatic heterocycles. The van der Waals surface area contributed by atoms with Gasteiger partial charge in [0, 0.05) is 43.6 Å². The van der Waals surface area contributed by atoms with E-state index in [0.29, 0.717) is 18.7 Å². The molecule has 0 radical (unpaired) electrons. The molecule has 1 aliphatic rings. The number of amides is 3. The summed E-state index contributed by atoms with van der Waals surface area (Å²) in [4.78, 5) is 33.0. The van der Waals surface area contributed by atoms with Crippen molar-refractivity contribution in [3.8, 4) is 0 Å². The number of nitrogens with zero attached hydrogens (tertiary/aromatic N) is 3. The number of rotatable bonds is 6. The van der Waals surface area contributed by atoms with Gasteiger partial charge < -0.3 is 15.1 Å². The number of aryl methyl sites for hydroxylation is 1. The Balaban J connectivity index is 1.92. The Morgan fingerprint density at radius 3 is 2.76 bits per heavy atom. The lowest BCUT2D eigenvalue weighted by atomic mass is 10.2. The van der Waals surface area contributed by atoms with Gasteiger partial charge in [-0.3, -0.25) is 9.78 Å². The van der Waals surface area contributed by atoms with Crippen molar-refractivity contribution in [3.63, 3.8) is 0 Å². The average Bonchev–Trinajstić information content (AvgIpc) is 3.07. The van der Waals surface area contributed by atoms with Crippen molar-refractivity contribution in [2.45, 2.75) is 59.0 Å². The minimum atomic E-state index is -0.0208. The zero-order chi connectivity index (χ0) is 18.4. The third-order valence-corrected chi connectivity index (χ3v) is 4.81. The van der Waals surface area contributed by atoms with Gasteiger partial charge in [0.2, 0.25) is 0 Å².